The van der Waals surface area contributed by atoms with Crippen LogP contribution in [0.2, 0.25) is 0 Å². The number of aromatic hydroxyl groups is 1. The summed E-state index contributed by atoms with van der Waals surface area (Å²) in [6.45, 7) is 3.02. The molecule has 1 amide bonds. The standard InChI is InChI=1S/C30H30N4O3/c1-19(35)32-25-9-6-10-26-23(25)17-27(24-18-33(2)29-22(24)11-14-31-30(29)36)34(26)28(20-7-4-3-5-8-20)21-12-15-37-16-13-21/h3-11,14,17-18,21,28H,12-13,15-16H2,1-2H3,(H,31,36)(H,32,35)/t28-/m1/s1. The molecule has 1 atom stereocenters. The fourth-order valence-electron chi connectivity index (χ4n) is 5.91. The van der Waals surface area contributed by atoms with Crippen LogP contribution in [0.1, 0.15) is 31.4 Å². The van der Waals surface area contributed by atoms with Gasteiger partial charge in [0.1, 0.15) is 5.52 Å². The second-order valence-electron chi connectivity index (χ2n) is 9.81. The lowest BCUT2D eigenvalue weighted by molar-refractivity contribution is -0.114. The lowest BCUT2D eigenvalue weighted by Crippen LogP contribution is -2.27. The number of rotatable bonds is 5. The van der Waals surface area contributed by atoms with Crippen LogP contribution in [-0.2, 0) is 16.6 Å². The lowest BCUT2D eigenvalue weighted by atomic mass is 9.86. The van der Waals surface area contributed by atoms with Crippen molar-refractivity contribution in [1.82, 2.24) is 14.1 Å². The number of benzene rings is 2. The topological polar surface area (TPSA) is 81.3 Å². The molecule has 1 fully saturated rings. The maximum Gasteiger partial charge on any atom is 0.236 e. The van der Waals surface area contributed by atoms with Crippen molar-refractivity contribution in [3.05, 3.63) is 78.6 Å². The number of hydrogen-bond acceptors (Lipinski definition) is 4. The first-order chi connectivity index (χ1) is 18.0. The van der Waals surface area contributed by atoms with Gasteiger partial charge in [-0.05, 0) is 48.6 Å². The number of aryl methyl sites for hydroxylation is 1. The van der Waals surface area contributed by atoms with E-state index in [1.807, 2.05) is 29.8 Å². The molecule has 5 aromatic rings. The monoisotopic (exact) mass is 494 g/mol. The number of ether oxygens (including phenoxy) is 1. The van der Waals surface area contributed by atoms with Gasteiger partial charge in [-0.3, -0.25) is 4.79 Å². The largest absolute Gasteiger partial charge is 0.492 e. The summed E-state index contributed by atoms with van der Waals surface area (Å²) in [5.41, 5.74) is 5.81. The minimum atomic E-state index is -0.105. The van der Waals surface area contributed by atoms with Crippen LogP contribution in [-0.4, -0.2) is 38.3 Å². The van der Waals surface area contributed by atoms with E-state index >= 15 is 0 Å². The fraction of sp³-hybridized carbons (Fsp3) is 0.267. The van der Waals surface area contributed by atoms with E-state index in [9.17, 15) is 9.90 Å². The zero-order valence-corrected chi connectivity index (χ0v) is 21.0. The van der Waals surface area contributed by atoms with Gasteiger partial charge in [-0.2, -0.15) is 0 Å². The number of aromatic nitrogens is 3. The van der Waals surface area contributed by atoms with Crippen molar-refractivity contribution in [3.63, 3.8) is 0 Å². The first kappa shape index (κ1) is 23.3. The minimum Gasteiger partial charge on any atom is -0.492 e. The quantitative estimate of drug-likeness (QED) is 0.320. The van der Waals surface area contributed by atoms with E-state index in [1.165, 1.54) is 12.5 Å². The molecule has 0 unspecified atom stereocenters. The summed E-state index contributed by atoms with van der Waals surface area (Å²) in [5.74, 6) is 0.281. The summed E-state index contributed by atoms with van der Waals surface area (Å²) < 4.78 is 10.1. The Morgan fingerprint density at radius 1 is 1.08 bits per heavy atom. The van der Waals surface area contributed by atoms with Crippen LogP contribution in [0.4, 0.5) is 5.69 Å². The van der Waals surface area contributed by atoms with E-state index in [1.54, 1.807) is 6.20 Å². The summed E-state index contributed by atoms with van der Waals surface area (Å²) in [6.07, 6.45) is 5.62. The number of carbonyl (C=O) groups excluding carboxylic acids is 1. The Hall–Kier alpha value is -4.10. The Balaban J connectivity index is 1.69. The number of anilines is 1. The van der Waals surface area contributed by atoms with Crippen LogP contribution in [0.25, 0.3) is 33.1 Å². The summed E-state index contributed by atoms with van der Waals surface area (Å²) in [7, 11) is 1.93. The molecule has 2 aromatic carbocycles. The third kappa shape index (κ3) is 4.05. The van der Waals surface area contributed by atoms with Crippen LogP contribution < -0.4 is 5.32 Å². The molecule has 1 aliphatic rings. The Morgan fingerprint density at radius 3 is 2.62 bits per heavy atom. The van der Waals surface area contributed by atoms with Crippen molar-refractivity contribution in [2.75, 3.05) is 18.5 Å². The van der Waals surface area contributed by atoms with Crippen molar-refractivity contribution in [3.8, 4) is 17.1 Å². The van der Waals surface area contributed by atoms with Crippen molar-refractivity contribution in [2.24, 2.45) is 13.0 Å². The van der Waals surface area contributed by atoms with Gasteiger partial charge in [-0.15, -0.1) is 0 Å². The summed E-state index contributed by atoms with van der Waals surface area (Å²) in [5, 5.41) is 15.5. The number of nitrogens with one attached hydrogen (secondary N) is 1. The van der Waals surface area contributed by atoms with E-state index in [2.05, 4.69) is 63.5 Å². The molecule has 7 heteroatoms. The molecule has 37 heavy (non-hydrogen) atoms. The molecule has 6 rings (SSSR count). The van der Waals surface area contributed by atoms with Crippen molar-refractivity contribution < 1.29 is 14.6 Å². The number of nitrogens with zero attached hydrogens (tertiary/aromatic N) is 3. The highest BCUT2D eigenvalue weighted by atomic mass is 16.5. The zero-order chi connectivity index (χ0) is 25.5. The number of hydrogen-bond donors (Lipinski definition) is 2. The van der Waals surface area contributed by atoms with Gasteiger partial charge in [0, 0.05) is 55.9 Å². The van der Waals surface area contributed by atoms with E-state index < -0.39 is 0 Å². The van der Waals surface area contributed by atoms with Gasteiger partial charge in [-0.1, -0.05) is 36.4 Å². The van der Waals surface area contributed by atoms with Gasteiger partial charge in [-0.25, -0.2) is 4.98 Å². The molecule has 2 N–H and O–H groups in total. The van der Waals surface area contributed by atoms with E-state index in [-0.39, 0.29) is 17.8 Å². The van der Waals surface area contributed by atoms with Crippen LogP contribution in [0.5, 0.6) is 5.88 Å². The molecule has 0 aliphatic carbocycles. The second-order valence-corrected chi connectivity index (χ2v) is 9.81. The van der Waals surface area contributed by atoms with Crippen LogP contribution in [0.3, 0.4) is 0 Å². The average molecular weight is 495 g/mol. The number of amides is 1. The summed E-state index contributed by atoms with van der Waals surface area (Å²) in [6, 6.07) is 20.9. The average Bonchev–Trinajstić information content (AvgIpc) is 3.45. The van der Waals surface area contributed by atoms with Gasteiger partial charge >= 0.3 is 0 Å². The Kier molecular flexibility index (Phi) is 5.93. The lowest BCUT2D eigenvalue weighted by Gasteiger charge is -2.34. The van der Waals surface area contributed by atoms with Crippen LogP contribution >= 0.6 is 0 Å². The van der Waals surface area contributed by atoms with Crippen molar-refractivity contribution in [2.45, 2.75) is 25.8 Å². The van der Waals surface area contributed by atoms with Gasteiger partial charge < -0.3 is 24.3 Å². The maximum atomic E-state index is 12.1. The molecular formula is C30H30N4O3. The number of fused-ring (bicyclic) bond motifs is 2. The molecule has 7 nitrogen and oxygen atoms in total. The van der Waals surface area contributed by atoms with E-state index in [4.69, 9.17) is 4.74 Å². The second kappa shape index (κ2) is 9.41. The van der Waals surface area contributed by atoms with Crippen LogP contribution in [0, 0.1) is 5.92 Å². The first-order valence-corrected chi connectivity index (χ1v) is 12.7. The highest BCUT2D eigenvalue weighted by molar-refractivity contribution is 6.05. The van der Waals surface area contributed by atoms with Gasteiger partial charge in [0.05, 0.1) is 22.9 Å². The highest BCUT2D eigenvalue weighted by Gasteiger charge is 2.31. The predicted molar refractivity (Wildman–Crippen MR) is 146 cm³/mol. The molecule has 0 radical (unpaired) electrons. The smallest absolute Gasteiger partial charge is 0.236 e. The molecule has 1 saturated heterocycles. The molecular weight excluding hydrogens is 464 g/mol. The fourth-order valence-corrected chi connectivity index (χ4v) is 5.91. The number of carbonyl (C=O) groups is 1. The third-order valence-electron chi connectivity index (χ3n) is 7.47. The van der Waals surface area contributed by atoms with E-state index in [0.29, 0.717) is 11.4 Å². The predicted octanol–water partition coefficient (Wildman–Crippen LogP) is 5.88. The molecule has 0 bridgehead atoms. The molecule has 4 heterocycles. The third-order valence-corrected chi connectivity index (χ3v) is 7.47. The summed E-state index contributed by atoms with van der Waals surface area (Å²) >= 11 is 0. The maximum absolute atomic E-state index is 12.1. The molecule has 3 aromatic heterocycles. The first-order valence-electron chi connectivity index (χ1n) is 12.7. The van der Waals surface area contributed by atoms with Gasteiger partial charge in [0.2, 0.25) is 11.8 Å². The molecule has 188 valence electrons. The van der Waals surface area contributed by atoms with Gasteiger partial charge in [0.15, 0.2) is 0 Å². The van der Waals surface area contributed by atoms with Crippen molar-refractivity contribution in [1.29, 1.82) is 0 Å². The Bertz CT molecular complexity index is 1600. The van der Waals surface area contributed by atoms with E-state index in [0.717, 1.165) is 59.3 Å². The zero-order valence-electron chi connectivity index (χ0n) is 21.0. The number of pyridine rings is 1. The van der Waals surface area contributed by atoms with Gasteiger partial charge in [0.25, 0.3) is 0 Å². The normalized spacial score (nSPS) is 15.3. The SMILES string of the molecule is CC(=O)Nc1cccc2c1cc(-c1cn(C)c3c(O)nccc13)n2[C@H](c1ccccc1)C1CCOCC1. The highest BCUT2D eigenvalue weighted by Crippen LogP contribution is 2.44. The van der Waals surface area contributed by atoms with Crippen LogP contribution in [0.15, 0.2) is 73.1 Å². The summed E-state index contributed by atoms with van der Waals surface area (Å²) in [4.78, 5) is 16.2. The Morgan fingerprint density at radius 2 is 1.86 bits per heavy atom. The minimum absolute atomic E-state index is 0.0110. The Labute approximate surface area is 215 Å². The molecule has 0 saturated carbocycles. The van der Waals surface area contributed by atoms with Crippen molar-refractivity contribution >= 4 is 33.4 Å². The molecule has 1 aliphatic heterocycles. The molecule has 0 spiro atoms.